The number of halogens is 1. The summed E-state index contributed by atoms with van der Waals surface area (Å²) in [6.45, 7) is 4.98. The van der Waals surface area contributed by atoms with Gasteiger partial charge in [0.1, 0.15) is 6.54 Å². The molecule has 1 nitrogen and oxygen atoms in total. The highest BCUT2D eigenvalue weighted by atomic mass is 35.5. The van der Waals surface area contributed by atoms with Crippen LogP contribution < -0.4 is 12.4 Å². The first-order chi connectivity index (χ1) is 8.62. The Morgan fingerprint density at radius 3 is 2.53 bits per heavy atom. The molecule has 1 aliphatic rings. The highest BCUT2D eigenvalue weighted by Crippen LogP contribution is 2.27. The summed E-state index contributed by atoms with van der Waals surface area (Å²) in [5, 5.41) is 0. The molecular weight excluding hydrogens is 254 g/mol. The van der Waals surface area contributed by atoms with Crippen LogP contribution in [0.25, 0.3) is 6.08 Å². The summed E-state index contributed by atoms with van der Waals surface area (Å²) < 4.78 is 1.13. The van der Waals surface area contributed by atoms with E-state index in [4.69, 9.17) is 0 Å². The van der Waals surface area contributed by atoms with Crippen molar-refractivity contribution in [2.24, 2.45) is 0 Å². The van der Waals surface area contributed by atoms with Crippen LogP contribution in [0.5, 0.6) is 0 Å². The van der Waals surface area contributed by atoms with Crippen molar-refractivity contribution in [2.75, 3.05) is 14.1 Å². The van der Waals surface area contributed by atoms with Crippen LogP contribution in [-0.4, -0.2) is 24.6 Å². The number of nitrogens with zero attached hydrogens (tertiary/aromatic N) is 1. The van der Waals surface area contributed by atoms with E-state index >= 15 is 0 Å². The molecule has 2 heteroatoms. The van der Waals surface area contributed by atoms with E-state index in [0.29, 0.717) is 0 Å². The second-order valence-corrected chi connectivity index (χ2v) is 6.18. The molecule has 0 N–H and O–H groups in total. The van der Waals surface area contributed by atoms with Crippen molar-refractivity contribution in [3.05, 3.63) is 42.0 Å². The smallest absolute Gasteiger partial charge is 0.104 e. The van der Waals surface area contributed by atoms with Crippen LogP contribution in [0.4, 0.5) is 0 Å². The third kappa shape index (κ3) is 4.36. The summed E-state index contributed by atoms with van der Waals surface area (Å²) in [6.07, 6.45) is 8.99. The molecule has 0 heterocycles. The first-order valence-corrected chi connectivity index (χ1v) is 7.16. The van der Waals surface area contributed by atoms with Crippen molar-refractivity contribution in [3.63, 3.8) is 0 Å². The molecule has 2 rings (SSSR count). The summed E-state index contributed by atoms with van der Waals surface area (Å²) in [5.41, 5.74) is 2.67. The highest BCUT2D eigenvalue weighted by Gasteiger charge is 2.29. The molecule has 0 amide bonds. The lowest BCUT2D eigenvalue weighted by Gasteiger charge is -2.40. The standard InChI is InChI=1S/C17H26N.ClH/c1-4-15-9-8-10-16(13-15)14-18(2,3)17-11-6-5-7-12-17;/h4,8-10,13,17H,1,5-7,11-12,14H2,2-3H3;1H/q+1;/p-1. The number of hydrogen-bond donors (Lipinski definition) is 0. The second-order valence-electron chi connectivity index (χ2n) is 6.18. The quantitative estimate of drug-likeness (QED) is 0.728. The molecule has 0 aliphatic heterocycles. The summed E-state index contributed by atoms with van der Waals surface area (Å²) in [5.74, 6) is 0. The Labute approximate surface area is 124 Å². The van der Waals surface area contributed by atoms with Gasteiger partial charge in [-0.1, -0.05) is 37.3 Å². The molecule has 1 aromatic rings. The van der Waals surface area contributed by atoms with Crippen LogP contribution >= 0.6 is 0 Å². The fraction of sp³-hybridized carbons (Fsp3) is 0.529. The average molecular weight is 280 g/mol. The van der Waals surface area contributed by atoms with Crippen molar-refractivity contribution in [2.45, 2.75) is 44.7 Å². The van der Waals surface area contributed by atoms with Crippen LogP contribution in [0.3, 0.4) is 0 Å². The van der Waals surface area contributed by atoms with Gasteiger partial charge in [-0.3, -0.25) is 0 Å². The van der Waals surface area contributed by atoms with Crippen LogP contribution in [0.1, 0.15) is 43.2 Å². The number of benzene rings is 1. The van der Waals surface area contributed by atoms with Crippen molar-refractivity contribution in [1.29, 1.82) is 0 Å². The van der Waals surface area contributed by atoms with E-state index in [-0.39, 0.29) is 12.4 Å². The molecule has 1 aliphatic carbocycles. The molecular formula is C17H26ClN. The average Bonchev–Trinajstić information content (AvgIpc) is 2.39. The Hall–Kier alpha value is -0.790. The van der Waals surface area contributed by atoms with Gasteiger partial charge in [-0.2, -0.15) is 0 Å². The molecule has 0 radical (unpaired) electrons. The monoisotopic (exact) mass is 279 g/mol. The molecule has 1 fully saturated rings. The SMILES string of the molecule is C=Cc1cccc(C[N+](C)(C)C2CCCCC2)c1.[Cl-]. The van der Waals surface area contributed by atoms with E-state index < -0.39 is 0 Å². The molecule has 1 aromatic carbocycles. The predicted molar refractivity (Wildman–Crippen MR) is 79.2 cm³/mol. The van der Waals surface area contributed by atoms with Gasteiger partial charge in [-0.15, -0.1) is 0 Å². The van der Waals surface area contributed by atoms with E-state index in [1.165, 1.54) is 43.2 Å². The zero-order chi connectivity index (χ0) is 13.0. The van der Waals surface area contributed by atoms with Crippen molar-refractivity contribution >= 4 is 6.08 Å². The van der Waals surface area contributed by atoms with Crippen molar-refractivity contribution in [3.8, 4) is 0 Å². The molecule has 19 heavy (non-hydrogen) atoms. The van der Waals surface area contributed by atoms with Crippen LogP contribution in [-0.2, 0) is 6.54 Å². The minimum absolute atomic E-state index is 0. The van der Waals surface area contributed by atoms with Crippen LogP contribution in [0.15, 0.2) is 30.8 Å². The Bertz CT molecular complexity index is 405. The molecule has 0 saturated heterocycles. The maximum absolute atomic E-state index is 3.85. The highest BCUT2D eigenvalue weighted by molar-refractivity contribution is 5.47. The maximum atomic E-state index is 3.85. The third-order valence-electron chi connectivity index (χ3n) is 4.34. The third-order valence-corrected chi connectivity index (χ3v) is 4.34. The van der Waals surface area contributed by atoms with Gasteiger partial charge in [0, 0.05) is 5.56 Å². The van der Waals surface area contributed by atoms with Gasteiger partial charge in [0.2, 0.25) is 0 Å². The Kier molecular flexibility index (Phi) is 6.09. The number of quaternary nitrogens is 1. The van der Waals surface area contributed by atoms with Gasteiger partial charge in [0.05, 0.1) is 20.1 Å². The molecule has 106 valence electrons. The molecule has 0 spiro atoms. The van der Waals surface area contributed by atoms with Gasteiger partial charge in [0.15, 0.2) is 0 Å². The molecule has 1 saturated carbocycles. The Morgan fingerprint density at radius 1 is 1.21 bits per heavy atom. The Balaban J connectivity index is 0.00000180. The molecule has 0 bridgehead atoms. The summed E-state index contributed by atoms with van der Waals surface area (Å²) >= 11 is 0. The van der Waals surface area contributed by atoms with Gasteiger partial charge in [0.25, 0.3) is 0 Å². The van der Waals surface area contributed by atoms with Gasteiger partial charge in [-0.25, -0.2) is 0 Å². The summed E-state index contributed by atoms with van der Waals surface area (Å²) in [6, 6.07) is 9.63. The topological polar surface area (TPSA) is 0 Å². The van der Waals surface area contributed by atoms with E-state index in [9.17, 15) is 0 Å². The van der Waals surface area contributed by atoms with Crippen LogP contribution in [0.2, 0.25) is 0 Å². The summed E-state index contributed by atoms with van der Waals surface area (Å²) in [4.78, 5) is 0. The van der Waals surface area contributed by atoms with E-state index in [1.807, 2.05) is 6.08 Å². The fourth-order valence-corrected chi connectivity index (χ4v) is 3.20. The lowest BCUT2D eigenvalue weighted by Crippen LogP contribution is -3.00. The first kappa shape index (κ1) is 16.3. The van der Waals surface area contributed by atoms with Gasteiger partial charge in [-0.05, 0) is 37.3 Å². The molecule has 0 aromatic heterocycles. The van der Waals surface area contributed by atoms with E-state index in [1.54, 1.807) is 0 Å². The van der Waals surface area contributed by atoms with Gasteiger partial charge < -0.3 is 16.9 Å². The zero-order valence-corrected chi connectivity index (χ0v) is 13.0. The summed E-state index contributed by atoms with van der Waals surface area (Å²) in [7, 11) is 4.77. The first-order valence-electron chi connectivity index (χ1n) is 7.16. The predicted octanol–water partition coefficient (Wildman–Crippen LogP) is 1.24. The maximum Gasteiger partial charge on any atom is 0.104 e. The van der Waals surface area contributed by atoms with E-state index in [0.717, 1.165) is 17.1 Å². The lowest BCUT2D eigenvalue weighted by atomic mass is 9.92. The largest absolute Gasteiger partial charge is 1.00 e. The van der Waals surface area contributed by atoms with E-state index in [2.05, 4.69) is 44.9 Å². The second kappa shape index (κ2) is 7.12. The molecule has 0 unspecified atom stereocenters. The lowest BCUT2D eigenvalue weighted by molar-refractivity contribution is -0.929. The van der Waals surface area contributed by atoms with Crippen LogP contribution in [0, 0.1) is 0 Å². The van der Waals surface area contributed by atoms with Crippen molar-refractivity contribution in [1.82, 2.24) is 0 Å². The van der Waals surface area contributed by atoms with Gasteiger partial charge >= 0.3 is 0 Å². The number of rotatable bonds is 4. The Morgan fingerprint density at radius 2 is 1.89 bits per heavy atom. The minimum atomic E-state index is 0. The fourth-order valence-electron chi connectivity index (χ4n) is 3.20. The molecule has 0 atom stereocenters. The minimum Gasteiger partial charge on any atom is -1.00 e. The normalized spacial score (nSPS) is 16.7. The number of hydrogen-bond acceptors (Lipinski definition) is 0. The zero-order valence-electron chi connectivity index (χ0n) is 12.2. The van der Waals surface area contributed by atoms with Crippen molar-refractivity contribution < 1.29 is 16.9 Å².